The van der Waals surface area contributed by atoms with Crippen molar-refractivity contribution >= 4 is 39.4 Å². The van der Waals surface area contributed by atoms with Crippen molar-refractivity contribution < 1.29 is 9.53 Å². The molecule has 0 saturated carbocycles. The van der Waals surface area contributed by atoms with Crippen LogP contribution in [0.15, 0.2) is 6.20 Å². The average Bonchev–Trinajstić information content (AvgIpc) is 2.47. The van der Waals surface area contributed by atoms with Crippen LogP contribution in [0.3, 0.4) is 0 Å². The summed E-state index contributed by atoms with van der Waals surface area (Å²) in [6.07, 6.45) is 2.72. The molecule has 0 aliphatic carbocycles. The van der Waals surface area contributed by atoms with Crippen LogP contribution in [0.5, 0.6) is 0 Å². The summed E-state index contributed by atoms with van der Waals surface area (Å²) in [6, 6.07) is 0. The van der Waals surface area contributed by atoms with Crippen molar-refractivity contribution in [2.75, 3.05) is 12.8 Å². The molecule has 0 fully saturated rings. The number of aromatic nitrogens is 1. The summed E-state index contributed by atoms with van der Waals surface area (Å²) in [4.78, 5) is 15.6. The van der Waals surface area contributed by atoms with Crippen molar-refractivity contribution in [1.29, 1.82) is 0 Å². The van der Waals surface area contributed by atoms with Gasteiger partial charge < -0.3 is 10.5 Å². The Morgan fingerprint density at radius 2 is 2.46 bits per heavy atom. The van der Waals surface area contributed by atoms with Crippen LogP contribution in [0, 0.1) is 0 Å². The lowest BCUT2D eigenvalue weighted by Gasteiger charge is -1.95. The van der Waals surface area contributed by atoms with Gasteiger partial charge in [0.2, 0.25) is 0 Å². The van der Waals surface area contributed by atoms with E-state index in [2.05, 4.69) is 9.72 Å². The molecule has 0 radical (unpaired) electrons. The number of rotatable bonds is 3. The normalized spacial score (nSPS) is 9.00. The van der Waals surface area contributed by atoms with Gasteiger partial charge in [0.15, 0.2) is 5.13 Å². The van der Waals surface area contributed by atoms with E-state index in [0.717, 1.165) is 4.88 Å². The highest BCUT2D eigenvalue weighted by atomic mass is 79.9. The summed E-state index contributed by atoms with van der Waals surface area (Å²) in [7, 11) is 1.38. The fraction of sp³-hybridized carbons (Fsp3) is 0.429. The van der Waals surface area contributed by atoms with E-state index >= 15 is 0 Å². The van der Waals surface area contributed by atoms with E-state index in [1.165, 1.54) is 18.4 Å². The van der Waals surface area contributed by atoms with E-state index in [9.17, 15) is 4.79 Å². The number of halogens is 1. The highest BCUT2D eigenvalue weighted by Gasteiger charge is 2.03. The van der Waals surface area contributed by atoms with Gasteiger partial charge in [-0.3, -0.25) is 4.79 Å². The number of aryl methyl sites for hydroxylation is 1. The number of anilines is 1. The molecule has 6 heteroatoms. The largest absolute Gasteiger partial charge is 0.469 e. The first kappa shape index (κ1) is 12.4. The third kappa shape index (κ3) is 4.23. The Balaban J connectivity index is 0.00000144. The zero-order valence-corrected chi connectivity index (χ0v) is 9.68. The first-order chi connectivity index (χ1) is 5.72. The fourth-order valence-electron chi connectivity index (χ4n) is 0.766. The maximum atomic E-state index is 10.7. The molecule has 0 aliphatic heterocycles. The third-order valence-corrected chi connectivity index (χ3v) is 2.26. The van der Waals surface area contributed by atoms with E-state index < -0.39 is 0 Å². The van der Waals surface area contributed by atoms with Gasteiger partial charge in [0.25, 0.3) is 0 Å². The van der Waals surface area contributed by atoms with E-state index in [1.807, 2.05) is 0 Å². The molecule has 0 unspecified atom stereocenters. The zero-order valence-electron chi connectivity index (χ0n) is 7.15. The van der Waals surface area contributed by atoms with Crippen molar-refractivity contribution in [3.8, 4) is 0 Å². The van der Waals surface area contributed by atoms with Crippen LogP contribution in [-0.4, -0.2) is 18.1 Å². The Morgan fingerprint density at radius 1 is 1.77 bits per heavy atom. The summed E-state index contributed by atoms with van der Waals surface area (Å²) in [5.41, 5.74) is 5.41. The van der Waals surface area contributed by atoms with E-state index in [4.69, 9.17) is 5.73 Å². The minimum Gasteiger partial charge on any atom is -0.469 e. The zero-order chi connectivity index (χ0) is 8.97. The molecule has 0 spiro atoms. The maximum absolute atomic E-state index is 10.7. The van der Waals surface area contributed by atoms with Gasteiger partial charge in [0, 0.05) is 11.1 Å². The molecule has 1 aromatic rings. The second-order valence-corrected chi connectivity index (χ2v) is 3.39. The Morgan fingerprint density at radius 3 is 2.92 bits per heavy atom. The molecule has 0 aliphatic rings. The van der Waals surface area contributed by atoms with Gasteiger partial charge in [0.1, 0.15) is 0 Å². The number of nitrogens with zero attached hydrogens (tertiary/aromatic N) is 1. The highest BCUT2D eigenvalue weighted by Crippen LogP contribution is 2.15. The summed E-state index contributed by atoms with van der Waals surface area (Å²) >= 11 is 1.40. The average molecular weight is 267 g/mol. The molecule has 1 aromatic heterocycles. The SMILES string of the molecule is Br.COC(=O)CCc1cnc(N)s1. The molecule has 1 rings (SSSR count). The second kappa shape index (κ2) is 5.93. The lowest BCUT2D eigenvalue weighted by atomic mass is 10.3. The Bertz CT molecular complexity index is 277. The number of thiazole rings is 1. The van der Waals surface area contributed by atoms with Crippen LogP contribution in [0.4, 0.5) is 5.13 Å². The van der Waals surface area contributed by atoms with Crippen LogP contribution in [0.2, 0.25) is 0 Å². The van der Waals surface area contributed by atoms with Crippen LogP contribution in [0.1, 0.15) is 11.3 Å². The van der Waals surface area contributed by atoms with Gasteiger partial charge in [0.05, 0.1) is 13.5 Å². The molecule has 13 heavy (non-hydrogen) atoms. The summed E-state index contributed by atoms with van der Waals surface area (Å²) in [5.74, 6) is -0.207. The van der Waals surface area contributed by atoms with E-state index in [-0.39, 0.29) is 23.0 Å². The lowest BCUT2D eigenvalue weighted by Crippen LogP contribution is -2.00. The molecule has 74 valence electrons. The first-order valence-corrected chi connectivity index (χ1v) is 4.31. The standard InChI is InChI=1S/C7H10N2O2S.BrH/c1-11-6(10)3-2-5-4-9-7(8)12-5;/h4H,2-3H2,1H3,(H2,8,9);1H. The Labute approximate surface area is 90.9 Å². The predicted octanol–water partition coefficient (Wildman–Crippen LogP) is 1.41. The molecule has 1 heterocycles. The smallest absolute Gasteiger partial charge is 0.305 e. The van der Waals surface area contributed by atoms with Crippen molar-refractivity contribution in [1.82, 2.24) is 4.98 Å². The lowest BCUT2D eigenvalue weighted by molar-refractivity contribution is -0.140. The van der Waals surface area contributed by atoms with Crippen LogP contribution in [0.25, 0.3) is 0 Å². The first-order valence-electron chi connectivity index (χ1n) is 3.49. The maximum Gasteiger partial charge on any atom is 0.305 e. The Kier molecular flexibility index (Phi) is 5.65. The summed E-state index contributed by atoms with van der Waals surface area (Å²) < 4.78 is 4.49. The topological polar surface area (TPSA) is 65.2 Å². The summed E-state index contributed by atoms with van der Waals surface area (Å²) in [5, 5.41) is 0.537. The molecular formula is C7H11BrN2O2S. The van der Waals surface area contributed by atoms with Crippen molar-refractivity contribution in [3.05, 3.63) is 11.1 Å². The number of hydrogen-bond donors (Lipinski definition) is 1. The molecular weight excluding hydrogens is 256 g/mol. The van der Waals surface area contributed by atoms with E-state index in [1.54, 1.807) is 6.20 Å². The second-order valence-electron chi connectivity index (χ2n) is 2.24. The number of nitrogen functional groups attached to an aromatic ring is 1. The van der Waals surface area contributed by atoms with Gasteiger partial charge in [-0.05, 0) is 6.42 Å². The van der Waals surface area contributed by atoms with Crippen LogP contribution >= 0.6 is 28.3 Å². The minimum atomic E-state index is -0.207. The molecule has 0 aromatic carbocycles. The van der Waals surface area contributed by atoms with Gasteiger partial charge >= 0.3 is 5.97 Å². The monoisotopic (exact) mass is 266 g/mol. The van der Waals surface area contributed by atoms with Crippen molar-refractivity contribution in [2.24, 2.45) is 0 Å². The quantitative estimate of drug-likeness (QED) is 0.841. The van der Waals surface area contributed by atoms with Crippen LogP contribution < -0.4 is 5.73 Å². The van der Waals surface area contributed by atoms with E-state index in [0.29, 0.717) is 18.0 Å². The number of carbonyl (C=O) groups excluding carboxylic acids is 1. The van der Waals surface area contributed by atoms with Crippen molar-refractivity contribution in [2.45, 2.75) is 12.8 Å². The predicted molar refractivity (Wildman–Crippen MR) is 57.2 cm³/mol. The van der Waals surface area contributed by atoms with Gasteiger partial charge in [-0.1, -0.05) is 0 Å². The number of hydrogen-bond acceptors (Lipinski definition) is 5. The summed E-state index contributed by atoms with van der Waals surface area (Å²) in [6.45, 7) is 0. The number of methoxy groups -OCH3 is 1. The number of ether oxygens (including phenoxy) is 1. The molecule has 2 N–H and O–H groups in total. The molecule has 0 atom stereocenters. The number of carbonyl (C=O) groups is 1. The minimum absolute atomic E-state index is 0. The molecule has 0 bridgehead atoms. The van der Waals surface area contributed by atoms with Gasteiger partial charge in [-0.15, -0.1) is 28.3 Å². The highest BCUT2D eigenvalue weighted by molar-refractivity contribution is 8.93. The third-order valence-electron chi connectivity index (χ3n) is 1.37. The molecule has 0 amide bonds. The van der Waals surface area contributed by atoms with Gasteiger partial charge in [-0.25, -0.2) is 4.98 Å². The van der Waals surface area contributed by atoms with Crippen LogP contribution in [-0.2, 0) is 16.0 Å². The Hall–Kier alpha value is -0.620. The number of esters is 1. The number of nitrogens with two attached hydrogens (primary N) is 1. The van der Waals surface area contributed by atoms with Crippen molar-refractivity contribution in [3.63, 3.8) is 0 Å². The fourth-order valence-corrected chi connectivity index (χ4v) is 1.45. The molecule has 0 saturated heterocycles. The molecule has 4 nitrogen and oxygen atoms in total. The van der Waals surface area contributed by atoms with Gasteiger partial charge in [-0.2, -0.15) is 0 Å².